The second-order valence-electron chi connectivity index (χ2n) is 3.02. The van der Waals surface area contributed by atoms with E-state index in [4.69, 9.17) is 17.5 Å². The third kappa shape index (κ3) is 1.03. The van der Waals surface area contributed by atoms with Gasteiger partial charge >= 0.3 is 0 Å². The predicted octanol–water partition coefficient (Wildman–Crippen LogP) is 2.07. The van der Waals surface area contributed by atoms with Crippen LogP contribution in [0.1, 0.15) is 11.5 Å². The molecule has 1 unspecified atom stereocenters. The molecule has 0 radical (unpaired) electrons. The Kier molecular flexibility index (Phi) is 1.78. The first-order chi connectivity index (χ1) is 6.25. The van der Waals surface area contributed by atoms with Gasteiger partial charge in [-0.3, -0.25) is 0 Å². The van der Waals surface area contributed by atoms with Crippen molar-refractivity contribution in [3.8, 4) is 6.07 Å². The van der Waals surface area contributed by atoms with E-state index in [0.29, 0.717) is 4.99 Å². The van der Waals surface area contributed by atoms with Crippen molar-refractivity contribution in [2.75, 3.05) is 11.9 Å². The first-order valence-corrected chi connectivity index (χ1v) is 4.42. The predicted molar refractivity (Wildman–Crippen MR) is 55.8 cm³/mol. The van der Waals surface area contributed by atoms with Crippen LogP contribution in [0, 0.1) is 11.3 Å². The molecular formula is C10H8N2S. The van der Waals surface area contributed by atoms with Gasteiger partial charge in [0.25, 0.3) is 0 Å². The lowest BCUT2D eigenvalue weighted by Gasteiger charge is -2.11. The monoisotopic (exact) mass is 188 g/mol. The lowest BCUT2D eigenvalue weighted by Crippen LogP contribution is -2.21. The standard InChI is InChI=1S/C10H8N2S/c1-12-9-5-3-2-4-7(9)8(6-11)10(12)13/h2-5,8H,1H3. The van der Waals surface area contributed by atoms with Gasteiger partial charge in [-0.25, -0.2) is 0 Å². The van der Waals surface area contributed by atoms with Crippen LogP contribution < -0.4 is 4.90 Å². The lowest BCUT2D eigenvalue weighted by molar-refractivity contribution is 1.20. The molecule has 1 aromatic rings. The van der Waals surface area contributed by atoms with E-state index < -0.39 is 0 Å². The van der Waals surface area contributed by atoms with Crippen LogP contribution in [0.2, 0.25) is 0 Å². The molecule has 0 amide bonds. The number of hydrogen-bond acceptors (Lipinski definition) is 2. The van der Waals surface area contributed by atoms with E-state index in [1.807, 2.05) is 36.2 Å². The minimum atomic E-state index is -0.240. The highest BCUT2D eigenvalue weighted by Gasteiger charge is 2.30. The molecule has 0 saturated heterocycles. The largest absolute Gasteiger partial charge is 0.337 e. The van der Waals surface area contributed by atoms with Crippen LogP contribution in [0.3, 0.4) is 0 Å². The number of benzene rings is 1. The summed E-state index contributed by atoms with van der Waals surface area (Å²) in [5.74, 6) is -0.240. The van der Waals surface area contributed by atoms with Gasteiger partial charge in [-0.15, -0.1) is 0 Å². The number of para-hydroxylation sites is 1. The number of hydrogen-bond donors (Lipinski definition) is 0. The number of likely N-dealkylation sites (N-methyl/N-ethyl adjacent to an activating group) is 1. The first kappa shape index (κ1) is 8.21. The molecule has 2 nitrogen and oxygen atoms in total. The molecule has 0 saturated carbocycles. The minimum Gasteiger partial charge on any atom is -0.337 e. The van der Waals surface area contributed by atoms with Crippen molar-refractivity contribution in [1.82, 2.24) is 0 Å². The van der Waals surface area contributed by atoms with Crippen LogP contribution in [-0.4, -0.2) is 12.0 Å². The summed E-state index contributed by atoms with van der Waals surface area (Å²) in [5.41, 5.74) is 2.08. The zero-order valence-corrected chi connectivity index (χ0v) is 8.01. The van der Waals surface area contributed by atoms with Crippen molar-refractivity contribution in [2.24, 2.45) is 0 Å². The molecule has 0 N–H and O–H groups in total. The van der Waals surface area contributed by atoms with Gasteiger partial charge in [0.05, 0.1) is 6.07 Å². The Morgan fingerprint density at radius 1 is 1.46 bits per heavy atom. The molecule has 2 rings (SSSR count). The SMILES string of the molecule is CN1C(=S)C(C#N)c2ccccc21. The smallest absolute Gasteiger partial charge is 0.124 e. The normalized spacial score (nSPS) is 19.8. The van der Waals surface area contributed by atoms with Gasteiger partial charge in [0.1, 0.15) is 10.9 Å². The molecule has 0 bridgehead atoms. The number of fused-ring (bicyclic) bond motifs is 1. The summed E-state index contributed by atoms with van der Waals surface area (Å²) in [6, 6.07) is 10.1. The molecule has 1 atom stereocenters. The Bertz CT molecular complexity index is 406. The molecule has 0 aromatic heterocycles. The Morgan fingerprint density at radius 3 is 2.85 bits per heavy atom. The van der Waals surface area contributed by atoms with Crippen LogP contribution >= 0.6 is 12.2 Å². The fourth-order valence-corrected chi connectivity index (χ4v) is 1.89. The van der Waals surface area contributed by atoms with E-state index in [1.165, 1.54) is 0 Å². The second-order valence-corrected chi connectivity index (χ2v) is 3.44. The highest BCUT2D eigenvalue weighted by atomic mass is 32.1. The van der Waals surface area contributed by atoms with Gasteiger partial charge in [-0.05, 0) is 11.6 Å². The Balaban J connectivity index is 2.61. The number of nitrogens with zero attached hydrogens (tertiary/aromatic N) is 2. The average molecular weight is 188 g/mol. The Morgan fingerprint density at radius 2 is 2.15 bits per heavy atom. The van der Waals surface area contributed by atoms with E-state index in [0.717, 1.165) is 11.3 Å². The molecule has 1 heterocycles. The molecular weight excluding hydrogens is 180 g/mol. The second kappa shape index (κ2) is 2.82. The number of rotatable bonds is 0. The fraction of sp³-hybridized carbons (Fsp3) is 0.200. The average Bonchev–Trinajstić information content (AvgIpc) is 2.41. The van der Waals surface area contributed by atoms with Crippen LogP contribution in [0.25, 0.3) is 0 Å². The summed E-state index contributed by atoms with van der Waals surface area (Å²) in [4.78, 5) is 2.60. The molecule has 0 fully saturated rings. The van der Waals surface area contributed by atoms with Crippen LogP contribution in [0.5, 0.6) is 0 Å². The molecule has 1 aliphatic rings. The Labute approximate surface area is 82.4 Å². The highest BCUT2D eigenvalue weighted by molar-refractivity contribution is 7.80. The number of thiocarbonyl (C=S) groups is 1. The summed E-state index contributed by atoms with van der Waals surface area (Å²) in [7, 11) is 1.90. The molecule has 3 heteroatoms. The van der Waals surface area contributed by atoms with Gasteiger partial charge < -0.3 is 4.90 Å². The van der Waals surface area contributed by atoms with Gasteiger partial charge in [0.2, 0.25) is 0 Å². The minimum absolute atomic E-state index is 0.240. The Hall–Kier alpha value is -1.40. The van der Waals surface area contributed by atoms with E-state index in [2.05, 4.69) is 6.07 Å². The zero-order valence-electron chi connectivity index (χ0n) is 7.19. The summed E-state index contributed by atoms with van der Waals surface area (Å²) < 4.78 is 0. The maximum Gasteiger partial charge on any atom is 0.124 e. The fourth-order valence-electron chi connectivity index (χ4n) is 1.61. The van der Waals surface area contributed by atoms with Gasteiger partial charge in [0, 0.05) is 12.7 Å². The van der Waals surface area contributed by atoms with Crippen LogP contribution in [-0.2, 0) is 0 Å². The molecule has 1 aliphatic heterocycles. The molecule has 0 aliphatic carbocycles. The van der Waals surface area contributed by atoms with Crippen molar-refractivity contribution >= 4 is 22.9 Å². The van der Waals surface area contributed by atoms with Crippen molar-refractivity contribution in [3.05, 3.63) is 29.8 Å². The van der Waals surface area contributed by atoms with E-state index in [1.54, 1.807) is 0 Å². The summed E-state index contributed by atoms with van der Waals surface area (Å²) in [6.45, 7) is 0. The van der Waals surface area contributed by atoms with Gasteiger partial charge in [0.15, 0.2) is 0 Å². The lowest BCUT2D eigenvalue weighted by atomic mass is 10.0. The third-order valence-corrected chi connectivity index (χ3v) is 2.83. The van der Waals surface area contributed by atoms with Gasteiger partial charge in [-0.1, -0.05) is 30.4 Å². The first-order valence-electron chi connectivity index (χ1n) is 4.02. The third-order valence-electron chi connectivity index (χ3n) is 2.32. The molecule has 1 aromatic carbocycles. The van der Waals surface area contributed by atoms with Crippen molar-refractivity contribution in [3.63, 3.8) is 0 Å². The van der Waals surface area contributed by atoms with Crippen molar-refractivity contribution < 1.29 is 0 Å². The number of nitriles is 1. The van der Waals surface area contributed by atoms with Crippen LogP contribution in [0.4, 0.5) is 5.69 Å². The summed E-state index contributed by atoms with van der Waals surface area (Å²) in [5, 5.41) is 8.94. The van der Waals surface area contributed by atoms with Crippen molar-refractivity contribution in [2.45, 2.75) is 5.92 Å². The van der Waals surface area contributed by atoms with E-state index >= 15 is 0 Å². The van der Waals surface area contributed by atoms with Crippen LogP contribution in [0.15, 0.2) is 24.3 Å². The maximum atomic E-state index is 8.94. The maximum absolute atomic E-state index is 8.94. The number of anilines is 1. The topological polar surface area (TPSA) is 27.0 Å². The van der Waals surface area contributed by atoms with Crippen molar-refractivity contribution in [1.29, 1.82) is 5.26 Å². The van der Waals surface area contributed by atoms with E-state index in [-0.39, 0.29) is 5.92 Å². The molecule has 64 valence electrons. The quantitative estimate of drug-likeness (QED) is 0.583. The zero-order chi connectivity index (χ0) is 9.42. The summed E-state index contributed by atoms with van der Waals surface area (Å²) in [6.07, 6.45) is 0. The highest BCUT2D eigenvalue weighted by Crippen LogP contribution is 2.36. The molecule has 0 spiro atoms. The van der Waals surface area contributed by atoms with E-state index in [9.17, 15) is 0 Å². The molecule has 13 heavy (non-hydrogen) atoms. The van der Waals surface area contributed by atoms with Gasteiger partial charge in [-0.2, -0.15) is 5.26 Å². The summed E-state index contributed by atoms with van der Waals surface area (Å²) >= 11 is 5.17.